The molecule has 3 rings (SSSR count). The van der Waals surface area contributed by atoms with Crippen molar-refractivity contribution in [3.63, 3.8) is 0 Å². The van der Waals surface area contributed by atoms with Gasteiger partial charge in [0.2, 0.25) is 0 Å². The number of aliphatic carboxylic acids is 1. The third kappa shape index (κ3) is 5.92. The van der Waals surface area contributed by atoms with Gasteiger partial charge >= 0.3 is 17.6 Å². The van der Waals surface area contributed by atoms with Crippen molar-refractivity contribution in [2.45, 2.75) is 46.2 Å². The third-order valence-corrected chi connectivity index (χ3v) is 6.97. The van der Waals surface area contributed by atoms with E-state index >= 15 is 0 Å². The molecule has 2 heterocycles. The number of methoxy groups -OCH3 is 1. The fraction of sp³-hybridized carbons (Fsp3) is 0.400. The predicted octanol–water partition coefficient (Wildman–Crippen LogP) is 2.42. The van der Waals surface area contributed by atoms with Crippen LogP contribution in [-0.2, 0) is 28.0 Å². The van der Waals surface area contributed by atoms with Crippen LogP contribution in [0.15, 0.2) is 27.8 Å². The average Bonchev–Trinajstić information content (AvgIpc) is 3.21. The van der Waals surface area contributed by atoms with E-state index in [4.69, 9.17) is 19.8 Å². The van der Waals surface area contributed by atoms with E-state index in [-0.39, 0.29) is 41.3 Å². The van der Waals surface area contributed by atoms with E-state index in [1.165, 1.54) is 49.8 Å². The highest BCUT2D eigenvalue weighted by atomic mass is 32.1. The van der Waals surface area contributed by atoms with Crippen molar-refractivity contribution in [3.8, 4) is 11.8 Å². The van der Waals surface area contributed by atoms with Crippen molar-refractivity contribution >= 4 is 33.5 Å². The fourth-order valence-electron chi connectivity index (χ4n) is 3.70. The highest BCUT2D eigenvalue weighted by Crippen LogP contribution is 2.30. The molecule has 3 aromatic rings. The van der Waals surface area contributed by atoms with Crippen LogP contribution in [0.2, 0.25) is 0 Å². The molecule has 0 bridgehead atoms. The van der Waals surface area contributed by atoms with Gasteiger partial charge in [0, 0.05) is 6.54 Å². The number of benzene rings is 1. The quantitative estimate of drug-likeness (QED) is 0.318. The van der Waals surface area contributed by atoms with Crippen molar-refractivity contribution in [3.05, 3.63) is 60.9 Å². The summed E-state index contributed by atoms with van der Waals surface area (Å²) in [6, 6.07) is 5.48. The highest BCUT2D eigenvalue weighted by Gasteiger charge is 2.35. The molecule has 204 valence electrons. The molecule has 0 spiro atoms. The molecule has 11 nitrogen and oxygen atoms in total. The van der Waals surface area contributed by atoms with Crippen LogP contribution in [0.3, 0.4) is 0 Å². The van der Waals surface area contributed by atoms with Crippen LogP contribution in [0.5, 0.6) is 5.75 Å². The molecule has 0 aliphatic carbocycles. The number of aryl methyl sites for hydroxylation is 3. The summed E-state index contributed by atoms with van der Waals surface area (Å²) in [4.78, 5) is 51.6. The second kappa shape index (κ2) is 12.5. The number of esters is 1. The van der Waals surface area contributed by atoms with Crippen molar-refractivity contribution < 1.29 is 33.7 Å². The van der Waals surface area contributed by atoms with Gasteiger partial charge in [0.25, 0.3) is 5.56 Å². The van der Waals surface area contributed by atoms with Crippen LogP contribution in [0.4, 0.5) is 4.39 Å². The van der Waals surface area contributed by atoms with Crippen LogP contribution in [0, 0.1) is 24.1 Å². The first kappa shape index (κ1) is 30.2. The van der Waals surface area contributed by atoms with E-state index in [1.54, 1.807) is 13.8 Å². The van der Waals surface area contributed by atoms with Gasteiger partial charge < -0.3 is 19.7 Å². The first-order valence-corrected chi connectivity index (χ1v) is 12.2. The minimum absolute atomic E-state index is 0.0205. The predicted molar refractivity (Wildman–Crippen MR) is 137 cm³/mol. The highest BCUT2D eigenvalue weighted by molar-refractivity contribution is 7.20. The minimum Gasteiger partial charge on any atom is -0.496 e. The number of rotatable bonds is 8. The van der Waals surface area contributed by atoms with Crippen LogP contribution >= 0.6 is 11.3 Å². The SMILES string of the molecule is CCOC(=O)c1sc2c(c1C)c(=O)n(C(C)(C)C(=O)O)c(=O)n2CCc1cc(F)ccc1OC.N#CCO. The summed E-state index contributed by atoms with van der Waals surface area (Å²) in [5.41, 5.74) is -2.74. The lowest BCUT2D eigenvalue weighted by atomic mass is 10.1. The summed E-state index contributed by atoms with van der Waals surface area (Å²) in [5, 5.41) is 24.7. The van der Waals surface area contributed by atoms with Crippen LogP contribution in [-0.4, -0.2) is 51.6 Å². The van der Waals surface area contributed by atoms with Gasteiger partial charge in [0.15, 0.2) is 0 Å². The number of fused-ring (bicyclic) bond motifs is 1. The van der Waals surface area contributed by atoms with Crippen molar-refractivity contribution in [2.75, 3.05) is 20.3 Å². The van der Waals surface area contributed by atoms with Gasteiger partial charge in [-0.1, -0.05) is 0 Å². The summed E-state index contributed by atoms with van der Waals surface area (Å²) in [5.74, 6) is -2.08. The molecule has 0 fully saturated rings. The number of thiophene rings is 1. The number of nitrogens with zero attached hydrogens (tertiary/aromatic N) is 3. The zero-order valence-corrected chi connectivity index (χ0v) is 22.3. The first-order valence-electron chi connectivity index (χ1n) is 11.4. The smallest absolute Gasteiger partial charge is 0.348 e. The molecular formula is C25H28FN3O8S. The summed E-state index contributed by atoms with van der Waals surface area (Å²) in [6.45, 7) is 5.41. The Morgan fingerprint density at radius 2 is 1.89 bits per heavy atom. The number of halogens is 1. The van der Waals surface area contributed by atoms with E-state index in [9.17, 15) is 28.7 Å². The molecule has 0 amide bonds. The second-order valence-electron chi connectivity index (χ2n) is 8.42. The molecule has 0 atom stereocenters. The van der Waals surface area contributed by atoms with E-state index in [0.717, 1.165) is 11.3 Å². The monoisotopic (exact) mass is 549 g/mol. The molecule has 13 heteroatoms. The molecule has 0 radical (unpaired) electrons. The van der Waals surface area contributed by atoms with Gasteiger partial charge in [0.1, 0.15) is 33.4 Å². The Hall–Kier alpha value is -4.02. The maximum atomic E-state index is 13.8. The van der Waals surface area contributed by atoms with Crippen LogP contribution in [0.1, 0.15) is 41.6 Å². The number of nitriles is 1. The average molecular weight is 550 g/mol. The van der Waals surface area contributed by atoms with Gasteiger partial charge in [-0.05, 0) is 63.4 Å². The van der Waals surface area contributed by atoms with Crippen molar-refractivity contribution in [1.82, 2.24) is 9.13 Å². The standard InChI is InChI=1S/C23H25FN2O7S.C2H3NO/c1-6-33-20(28)17-12(2)16-18(27)26(23(3,4)21(29)30)22(31)25(19(16)34-17)10-9-13-11-14(24)7-8-15(13)32-5;3-1-2-4/h7-8,11H,6,9-10H2,1-5H3,(H,29,30);4H,2H2. The van der Waals surface area contributed by atoms with E-state index in [0.29, 0.717) is 21.4 Å². The lowest BCUT2D eigenvalue weighted by Crippen LogP contribution is -2.52. The van der Waals surface area contributed by atoms with E-state index in [1.807, 2.05) is 0 Å². The Bertz CT molecular complexity index is 1510. The van der Waals surface area contributed by atoms with Crippen LogP contribution < -0.4 is 16.0 Å². The number of carbonyl (C=O) groups is 2. The van der Waals surface area contributed by atoms with Gasteiger partial charge in [-0.3, -0.25) is 9.36 Å². The summed E-state index contributed by atoms with van der Waals surface area (Å²) in [7, 11) is 1.44. The largest absolute Gasteiger partial charge is 0.496 e. The molecule has 0 saturated heterocycles. The van der Waals surface area contributed by atoms with E-state index < -0.39 is 34.5 Å². The van der Waals surface area contributed by atoms with Gasteiger partial charge in [-0.15, -0.1) is 11.3 Å². The maximum absolute atomic E-state index is 13.8. The molecule has 0 aliphatic rings. The Balaban J connectivity index is 0.00000118. The number of aromatic nitrogens is 2. The molecule has 0 aliphatic heterocycles. The minimum atomic E-state index is -1.86. The lowest BCUT2D eigenvalue weighted by Gasteiger charge is -2.23. The molecule has 0 saturated carbocycles. The summed E-state index contributed by atoms with van der Waals surface area (Å²) in [6.07, 6.45) is 0.146. The Morgan fingerprint density at radius 3 is 2.42 bits per heavy atom. The number of carbonyl (C=O) groups excluding carboxylic acids is 1. The zero-order valence-electron chi connectivity index (χ0n) is 21.5. The zero-order chi connectivity index (χ0) is 28.8. The lowest BCUT2D eigenvalue weighted by molar-refractivity contribution is -0.146. The van der Waals surface area contributed by atoms with Crippen LogP contribution in [0.25, 0.3) is 10.2 Å². The number of hydrogen-bond donors (Lipinski definition) is 2. The molecule has 2 aromatic heterocycles. The maximum Gasteiger partial charge on any atom is 0.348 e. The van der Waals surface area contributed by atoms with Crippen molar-refractivity contribution in [1.29, 1.82) is 5.26 Å². The fourth-order valence-corrected chi connectivity index (χ4v) is 4.91. The first-order chi connectivity index (χ1) is 17.9. The van der Waals surface area contributed by atoms with Gasteiger partial charge in [-0.2, -0.15) is 5.26 Å². The number of aliphatic hydroxyl groups is 1. The normalized spacial score (nSPS) is 10.9. The summed E-state index contributed by atoms with van der Waals surface area (Å²) >= 11 is 0.925. The van der Waals surface area contributed by atoms with Gasteiger partial charge in [0.05, 0.1) is 25.2 Å². The van der Waals surface area contributed by atoms with Crippen molar-refractivity contribution in [2.24, 2.45) is 0 Å². The number of hydrogen-bond acceptors (Lipinski definition) is 9. The molecular weight excluding hydrogens is 521 g/mol. The molecule has 38 heavy (non-hydrogen) atoms. The third-order valence-electron chi connectivity index (χ3n) is 5.67. The molecule has 0 unspecified atom stereocenters. The molecule has 2 N–H and O–H groups in total. The Kier molecular flexibility index (Phi) is 9.92. The summed E-state index contributed by atoms with van der Waals surface area (Å²) < 4.78 is 26.1. The number of aliphatic hydroxyl groups excluding tert-OH is 1. The number of carboxylic acid groups (broad SMARTS) is 1. The Morgan fingerprint density at radius 1 is 1.26 bits per heavy atom. The topological polar surface area (TPSA) is 161 Å². The number of ether oxygens (including phenoxy) is 2. The van der Waals surface area contributed by atoms with Gasteiger partial charge in [-0.25, -0.2) is 23.3 Å². The molecule has 1 aromatic carbocycles. The van der Waals surface area contributed by atoms with E-state index in [2.05, 4.69) is 0 Å². The Labute approximate surface area is 220 Å². The second-order valence-corrected chi connectivity index (χ2v) is 9.42. The number of carboxylic acids is 1.